The molecule has 0 aromatic heterocycles. The summed E-state index contributed by atoms with van der Waals surface area (Å²) in [5, 5.41) is 6.59. The number of benzene rings is 1. The van der Waals surface area contributed by atoms with E-state index < -0.39 is 0 Å². The summed E-state index contributed by atoms with van der Waals surface area (Å²) in [5.74, 6) is 0.127. The number of anilines is 1. The minimum Gasteiger partial charge on any atom is -0.382 e. The third-order valence-corrected chi connectivity index (χ3v) is 4.34. The molecule has 1 aromatic rings. The van der Waals surface area contributed by atoms with Crippen LogP contribution >= 0.6 is 0 Å². The van der Waals surface area contributed by atoms with Crippen LogP contribution in [0.2, 0.25) is 0 Å². The van der Waals surface area contributed by atoms with Crippen molar-refractivity contribution in [3.63, 3.8) is 0 Å². The molecule has 0 fully saturated rings. The fourth-order valence-corrected chi connectivity index (χ4v) is 2.56. The summed E-state index contributed by atoms with van der Waals surface area (Å²) in [5.41, 5.74) is 2.38. The Morgan fingerprint density at radius 2 is 2.10 bits per heavy atom. The van der Waals surface area contributed by atoms with Crippen LogP contribution in [0.3, 0.4) is 0 Å². The number of fused-ring (bicyclic) bond motifs is 1. The standard InChI is InChI=1S/C17H26N2O/c1-5-17(3,4)11-18-16(20)14-10-12(2)19-15-9-7-6-8-13(14)15/h6-9,12,14,19H,5,10-11H2,1-4H3,(H,18,20). The molecule has 110 valence electrons. The summed E-state index contributed by atoms with van der Waals surface area (Å²) < 4.78 is 0. The number of hydrogen-bond acceptors (Lipinski definition) is 2. The zero-order valence-electron chi connectivity index (χ0n) is 13.0. The lowest BCUT2D eigenvalue weighted by atomic mass is 9.86. The first-order valence-corrected chi connectivity index (χ1v) is 7.56. The van der Waals surface area contributed by atoms with E-state index in [1.165, 1.54) is 0 Å². The first-order valence-electron chi connectivity index (χ1n) is 7.56. The summed E-state index contributed by atoms with van der Waals surface area (Å²) >= 11 is 0. The Hall–Kier alpha value is -1.51. The van der Waals surface area contributed by atoms with E-state index in [-0.39, 0.29) is 17.2 Å². The van der Waals surface area contributed by atoms with E-state index in [9.17, 15) is 4.79 Å². The van der Waals surface area contributed by atoms with E-state index in [2.05, 4.69) is 50.5 Å². The maximum atomic E-state index is 12.5. The van der Waals surface area contributed by atoms with Gasteiger partial charge in [-0.05, 0) is 36.8 Å². The van der Waals surface area contributed by atoms with Crippen molar-refractivity contribution in [1.82, 2.24) is 5.32 Å². The van der Waals surface area contributed by atoms with Gasteiger partial charge in [0.2, 0.25) is 5.91 Å². The van der Waals surface area contributed by atoms with Crippen LogP contribution in [0.4, 0.5) is 5.69 Å². The van der Waals surface area contributed by atoms with Crippen molar-refractivity contribution in [2.24, 2.45) is 5.41 Å². The third kappa shape index (κ3) is 3.33. The Balaban J connectivity index is 2.10. The summed E-state index contributed by atoms with van der Waals surface area (Å²) in [6.45, 7) is 9.40. The largest absolute Gasteiger partial charge is 0.382 e. The lowest BCUT2D eigenvalue weighted by Gasteiger charge is -2.31. The van der Waals surface area contributed by atoms with Crippen LogP contribution in [0, 0.1) is 5.41 Å². The number of hydrogen-bond donors (Lipinski definition) is 2. The van der Waals surface area contributed by atoms with Gasteiger partial charge in [-0.2, -0.15) is 0 Å². The minimum absolute atomic E-state index is 0.0323. The highest BCUT2D eigenvalue weighted by molar-refractivity contribution is 5.86. The lowest BCUT2D eigenvalue weighted by molar-refractivity contribution is -0.123. The quantitative estimate of drug-likeness (QED) is 0.882. The highest BCUT2D eigenvalue weighted by Crippen LogP contribution is 2.34. The average molecular weight is 274 g/mol. The predicted molar refractivity (Wildman–Crippen MR) is 84.0 cm³/mol. The number of nitrogens with one attached hydrogen (secondary N) is 2. The molecule has 20 heavy (non-hydrogen) atoms. The maximum absolute atomic E-state index is 12.5. The van der Waals surface area contributed by atoms with E-state index in [0.29, 0.717) is 6.04 Å². The molecule has 2 atom stereocenters. The number of para-hydroxylation sites is 1. The lowest BCUT2D eigenvalue weighted by Crippen LogP contribution is -2.39. The third-order valence-electron chi connectivity index (χ3n) is 4.34. The highest BCUT2D eigenvalue weighted by Gasteiger charge is 2.30. The van der Waals surface area contributed by atoms with Gasteiger partial charge < -0.3 is 10.6 Å². The van der Waals surface area contributed by atoms with Gasteiger partial charge in [-0.25, -0.2) is 0 Å². The van der Waals surface area contributed by atoms with Crippen LogP contribution in [0.15, 0.2) is 24.3 Å². The number of rotatable bonds is 4. The summed E-state index contributed by atoms with van der Waals surface area (Å²) in [7, 11) is 0. The molecule has 1 heterocycles. The van der Waals surface area contributed by atoms with Gasteiger partial charge in [-0.3, -0.25) is 4.79 Å². The van der Waals surface area contributed by atoms with Crippen LogP contribution in [0.5, 0.6) is 0 Å². The van der Waals surface area contributed by atoms with Crippen molar-refractivity contribution in [3.05, 3.63) is 29.8 Å². The molecule has 1 aliphatic rings. The van der Waals surface area contributed by atoms with Crippen LogP contribution in [0.1, 0.15) is 52.0 Å². The molecular weight excluding hydrogens is 248 g/mol. The van der Waals surface area contributed by atoms with Gasteiger partial charge in [0.05, 0.1) is 5.92 Å². The van der Waals surface area contributed by atoms with E-state index in [1.54, 1.807) is 0 Å². The van der Waals surface area contributed by atoms with Gasteiger partial charge in [-0.1, -0.05) is 39.0 Å². The molecule has 3 heteroatoms. The molecular formula is C17H26N2O. The second-order valence-electron chi connectivity index (χ2n) is 6.66. The van der Waals surface area contributed by atoms with Gasteiger partial charge >= 0.3 is 0 Å². The number of carbonyl (C=O) groups is 1. The topological polar surface area (TPSA) is 41.1 Å². The SMILES string of the molecule is CCC(C)(C)CNC(=O)C1CC(C)Nc2ccccc21. The fraction of sp³-hybridized carbons (Fsp3) is 0.588. The number of carbonyl (C=O) groups excluding carboxylic acids is 1. The first-order chi connectivity index (χ1) is 9.43. The predicted octanol–water partition coefficient (Wildman–Crippen LogP) is 3.53. The molecule has 0 spiro atoms. The summed E-state index contributed by atoms with van der Waals surface area (Å²) in [6.07, 6.45) is 1.92. The van der Waals surface area contributed by atoms with E-state index in [0.717, 1.165) is 30.6 Å². The molecule has 2 rings (SSSR count). The van der Waals surface area contributed by atoms with Crippen molar-refractivity contribution >= 4 is 11.6 Å². The van der Waals surface area contributed by atoms with Crippen LogP contribution in [-0.2, 0) is 4.79 Å². The van der Waals surface area contributed by atoms with Crippen molar-refractivity contribution in [2.45, 2.75) is 52.5 Å². The summed E-state index contributed by atoms with van der Waals surface area (Å²) in [4.78, 5) is 12.5. The zero-order chi connectivity index (χ0) is 14.8. The maximum Gasteiger partial charge on any atom is 0.227 e. The molecule has 1 amide bonds. The molecule has 0 bridgehead atoms. The fourth-order valence-electron chi connectivity index (χ4n) is 2.56. The van der Waals surface area contributed by atoms with Gasteiger partial charge in [0.15, 0.2) is 0 Å². The Morgan fingerprint density at radius 3 is 2.80 bits per heavy atom. The zero-order valence-corrected chi connectivity index (χ0v) is 13.0. The van der Waals surface area contributed by atoms with E-state index in [4.69, 9.17) is 0 Å². The molecule has 0 saturated heterocycles. The van der Waals surface area contributed by atoms with Crippen molar-refractivity contribution < 1.29 is 4.79 Å². The number of amides is 1. The van der Waals surface area contributed by atoms with Crippen LogP contribution in [-0.4, -0.2) is 18.5 Å². The molecule has 1 aromatic carbocycles. The van der Waals surface area contributed by atoms with Gasteiger partial charge in [0.1, 0.15) is 0 Å². The molecule has 1 aliphatic heterocycles. The monoisotopic (exact) mass is 274 g/mol. The smallest absolute Gasteiger partial charge is 0.227 e. The highest BCUT2D eigenvalue weighted by atomic mass is 16.1. The molecule has 2 N–H and O–H groups in total. The Labute approximate surface area is 122 Å². The molecule has 0 saturated carbocycles. The van der Waals surface area contributed by atoms with Crippen molar-refractivity contribution in [1.29, 1.82) is 0 Å². The van der Waals surface area contributed by atoms with Gasteiger partial charge in [0, 0.05) is 18.3 Å². The molecule has 2 unspecified atom stereocenters. The Kier molecular flexibility index (Phi) is 4.36. The van der Waals surface area contributed by atoms with Crippen LogP contribution < -0.4 is 10.6 Å². The van der Waals surface area contributed by atoms with Crippen molar-refractivity contribution in [3.8, 4) is 0 Å². The normalized spacial score (nSPS) is 21.8. The Morgan fingerprint density at radius 1 is 1.40 bits per heavy atom. The summed E-state index contributed by atoms with van der Waals surface area (Å²) in [6, 6.07) is 8.47. The van der Waals surface area contributed by atoms with E-state index in [1.807, 2.05) is 12.1 Å². The van der Waals surface area contributed by atoms with Crippen molar-refractivity contribution in [2.75, 3.05) is 11.9 Å². The van der Waals surface area contributed by atoms with Gasteiger partial charge in [0.25, 0.3) is 0 Å². The first kappa shape index (κ1) is 14.9. The van der Waals surface area contributed by atoms with E-state index >= 15 is 0 Å². The average Bonchev–Trinajstić information content (AvgIpc) is 2.44. The minimum atomic E-state index is -0.0323. The Bertz CT molecular complexity index is 482. The second-order valence-corrected chi connectivity index (χ2v) is 6.66. The van der Waals surface area contributed by atoms with Gasteiger partial charge in [-0.15, -0.1) is 0 Å². The molecule has 0 aliphatic carbocycles. The molecule has 0 radical (unpaired) electrons. The molecule has 3 nitrogen and oxygen atoms in total. The van der Waals surface area contributed by atoms with Crippen LogP contribution in [0.25, 0.3) is 0 Å². The second kappa shape index (κ2) is 5.86.